The summed E-state index contributed by atoms with van der Waals surface area (Å²) >= 11 is 0. The van der Waals surface area contributed by atoms with E-state index in [0.717, 1.165) is 0 Å². The Morgan fingerprint density at radius 3 is 2.26 bits per heavy atom. The molecule has 1 atom stereocenters. The molecule has 0 radical (unpaired) electrons. The summed E-state index contributed by atoms with van der Waals surface area (Å²) in [5, 5.41) is 14.2. The third kappa shape index (κ3) is 8.46. The van der Waals surface area contributed by atoms with Crippen LogP contribution in [0.25, 0.3) is 0 Å². The van der Waals surface area contributed by atoms with Gasteiger partial charge in [0, 0.05) is 19.0 Å². The minimum atomic E-state index is -0.796. The fourth-order valence-electron chi connectivity index (χ4n) is 1.42. The molecule has 0 saturated carbocycles. The Kier molecular flexibility index (Phi) is 7.49. The molecule has 19 heavy (non-hydrogen) atoms. The third-order valence-electron chi connectivity index (χ3n) is 3.67. The first-order valence-electron chi connectivity index (χ1n) is 6.91. The van der Waals surface area contributed by atoms with E-state index >= 15 is 0 Å². The zero-order valence-corrected chi connectivity index (χ0v) is 12.7. The van der Waals surface area contributed by atoms with E-state index in [1.54, 1.807) is 0 Å². The molecule has 0 aromatic rings. The summed E-state index contributed by atoms with van der Waals surface area (Å²) in [7, 11) is 0. The number of carbonyl (C=O) groups is 2. The highest BCUT2D eigenvalue weighted by Crippen LogP contribution is 2.24. The number of carbonyl (C=O) groups excluding carboxylic acids is 1. The van der Waals surface area contributed by atoms with Crippen LogP contribution in [-0.4, -0.2) is 29.7 Å². The van der Waals surface area contributed by atoms with Crippen molar-refractivity contribution in [3.8, 4) is 0 Å². The molecule has 5 heteroatoms. The second-order valence-electron chi connectivity index (χ2n) is 6.16. The van der Waals surface area contributed by atoms with Crippen molar-refractivity contribution in [3.63, 3.8) is 0 Å². The quantitative estimate of drug-likeness (QED) is 0.635. The van der Waals surface area contributed by atoms with E-state index in [1.807, 2.05) is 6.92 Å². The van der Waals surface area contributed by atoms with Crippen LogP contribution in [0, 0.1) is 11.3 Å². The third-order valence-corrected chi connectivity index (χ3v) is 3.67. The van der Waals surface area contributed by atoms with E-state index in [-0.39, 0.29) is 23.9 Å². The zero-order chi connectivity index (χ0) is 15.1. The summed E-state index contributed by atoms with van der Waals surface area (Å²) in [6.45, 7) is 11.0. The maximum absolute atomic E-state index is 11.7. The SMILES string of the molecule is CC(CCCC(=O)O)NC(=O)NCC(C)(C)C(C)C. The largest absolute Gasteiger partial charge is 0.481 e. The van der Waals surface area contributed by atoms with Crippen LogP contribution in [0.3, 0.4) is 0 Å². The lowest BCUT2D eigenvalue weighted by atomic mass is 9.81. The van der Waals surface area contributed by atoms with Crippen molar-refractivity contribution in [2.24, 2.45) is 11.3 Å². The molecule has 0 aliphatic rings. The summed E-state index contributed by atoms with van der Waals surface area (Å²) in [6.07, 6.45) is 1.40. The van der Waals surface area contributed by atoms with Crippen LogP contribution in [0.5, 0.6) is 0 Å². The zero-order valence-electron chi connectivity index (χ0n) is 12.7. The number of rotatable bonds is 8. The molecule has 1 unspecified atom stereocenters. The summed E-state index contributed by atoms with van der Waals surface area (Å²) in [5.74, 6) is -0.309. The van der Waals surface area contributed by atoms with E-state index in [1.165, 1.54) is 0 Å². The Labute approximate surface area is 116 Å². The average Bonchev–Trinajstić information content (AvgIpc) is 2.25. The molecular weight excluding hydrogens is 244 g/mol. The topological polar surface area (TPSA) is 78.4 Å². The molecule has 0 bridgehead atoms. The van der Waals surface area contributed by atoms with Gasteiger partial charge >= 0.3 is 12.0 Å². The Hall–Kier alpha value is -1.26. The summed E-state index contributed by atoms with van der Waals surface area (Å²) < 4.78 is 0. The highest BCUT2D eigenvalue weighted by Gasteiger charge is 2.23. The lowest BCUT2D eigenvalue weighted by Gasteiger charge is -2.29. The smallest absolute Gasteiger partial charge is 0.315 e. The highest BCUT2D eigenvalue weighted by molar-refractivity contribution is 5.74. The number of carboxylic acids is 1. The second-order valence-corrected chi connectivity index (χ2v) is 6.16. The van der Waals surface area contributed by atoms with Gasteiger partial charge in [-0.2, -0.15) is 0 Å². The van der Waals surface area contributed by atoms with Crippen LogP contribution in [0.2, 0.25) is 0 Å². The van der Waals surface area contributed by atoms with Crippen LogP contribution in [0.4, 0.5) is 4.79 Å². The second kappa shape index (κ2) is 8.02. The van der Waals surface area contributed by atoms with Crippen molar-refractivity contribution >= 4 is 12.0 Å². The van der Waals surface area contributed by atoms with Crippen LogP contribution in [0.15, 0.2) is 0 Å². The Balaban J connectivity index is 3.88. The molecule has 5 nitrogen and oxygen atoms in total. The van der Waals surface area contributed by atoms with Crippen LogP contribution in [-0.2, 0) is 4.79 Å². The van der Waals surface area contributed by atoms with Gasteiger partial charge in [-0.05, 0) is 31.1 Å². The van der Waals surface area contributed by atoms with E-state index in [4.69, 9.17) is 5.11 Å². The van der Waals surface area contributed by atoms with Gasteiger partial charge < -0.3 is 15.7 Å². The van der Waals surface area contributed by atoms with E-state index < -0.39 is 5.97 Å². The number of hydrogen-bond acceptors (Lipinski definition) is 2. The van der Waals surface area contributed by atoms with Crippen LogP contribution in [0.1, 0.15) is 53.9 Å². The molecule has 3 N–H and O–H groups in total. The molecule has 2 amide bonds. The number of carboxylic acid groups (broad SMARTS) is 1. The summed E-state index contributed by atoms with van der Waals surface area (Å²) in [5.41, 5.74) is 0.0594. The van der Waals surface area contributed by atoms with Crippen LogP contribution >= 0.6 is 0 Å². The standard InChI is InChI=1S/C14H28N2O3/c1-10(2)14(4,5)9-15-13(19)16-11(3)7-6-8-12(17)18/h10-11H,6-9H2,1-5H3,(H,17,18)(H2,15,16,19). The van der Waals surface area contributed by atoms with Crippen molar-refractivity contribution in [1.82, 2.24) is 10.6 Å². The van der Waals surface area contributed by atoms with E-state index in [0.29, 0.717) is 25.3 Å². The summed E-state index contributed by atoms with van der Waals surface area (Å²) in [6, 6.07) is -0.196. The van der Waals surface area contributed by atoms with Crippen LogP contribution < -0.4 is 10.6 Å². The summed E-state index contributed by atoms with van der Waals surface area (Å²) in [4.78, 5) is 22.1. The molecular formula is C14H28N2O3. The Bertz CT molecular complexity index is 301. The maximum atomic E-state index is 11.7. The molecule has 0 spiro atoms. The number of nitrogens with one attached hydrogen (secondary N) is 2. The molecule has 0 aromatic carbocycles. The molecule has 0 aliphatic heterocycles. The van der Waals surface area contributed by atoms with Crippen molar-refractivity contribution < 1.29 is 14.7 Å². The molecule has 0 aromatic heterocycles. The first-order valence-corrected chi connectivity index (χ1v) is 6.91. The normalized spacial score (nSPS) is 13.2. The predicted octanol–water partition coefficient (Wildman–Crippen LogP) is 2.61. The number of aliphatic carboxylic acids is 1. The van der Waals surface area contributed by atoms with Crippen molar-refractivity contribution in [2.75, 3.05) is 6.54 Å². The maximum Gasteiger partial charge on any atom is 0.315 e. The van der Waals surface area contributed by atoms with Gasteiger partial charge in [0.05, 0.1) is 0 Å². The van der Waals surface area contributed by atoms with Gasteiger partial charge in [-0.25, -0.2) is 4.79 Å². The van der Waals surface area contributed by atoms with Crippen molar-refractivity contribution in [2.45, 2.75) is 59.9 Å². The number of hydrogen-bond donors (Lipinski definition) is 3. The fourth-order valence-corrected chi connectivity index (χ4v) is 1.42. The Morgan fingerprint density at radius 1 is 1.21 bits per heavy atom. The van der Waals surface area contributed by atoms with Gasteiger partial charge in [0.15, 0.2) is 0 Å². The fraction of sp³-hybridized carbons (Fsp3) is 0.857. The lowest BCUT2D eigenvalue weighted by Crippen LogP contribution is -2.45. The van der Waals surface area contributed by atoms with Gasteiger partial charge in [0.25, 0.3) is 0 Å². The average molecular weight is 272 g/mol. The molecule has 0 rings (SSSR count). The van der Waals surface area contributed by atoms with E-state index in [2.05, 4.69) is 38.3 Å². The molecule has 112 valence electrons. The number of amides is 2. The van der Waals surface area contributed by atoms with Crippen molar-refractivity contribution in [3.05, 3.63) is 0 Å². The van der Waals surface area contributed by atoms with Gasteiger partial charge in [0.2, 0.25) is 0 Å². The van der Waals surface area contributed by atoms with Gasteiger partial charge in [-0.3, -0.25) is 4.79 Å². The first kappa shape index (κ1) is 17.7. The Morgan fingerprint density at radius 2 is 1.79 bits per heavy atom. The first-order chi connectivity index (χ1) is 8.65. The predicted molar refractivity (Wildman–Crippen MR) is 76.1 cm³/mol. The minimum absolute atomic E-state index is 0.0125. The van der Waals surface area contributed by atoms with Gasteiger partial charge in [-0.15, -0.1) is 0 Å². The number of urea groups is 1. The van der Waals surface area contributed by atoms with Crippen molar-refractivity contribution in [1.29, 1.82) is 0 Å². The molecule has 0 heterocycles. The minimum Gasteiger partial charge on any atom is -0.481 e. The monoisotopic (exact) mass is 272 g/mol. The molecule has 0 saturated heterocycles. The highest BCUT2D eigenvalue weighted by atomic mass is 16.4. The molecule has 0 aliphatic carbocycles. The molecule has 0 fully saturated rings. The van der Waals surface area contributed by atoms with E-state index in [9.17, 15) is 9.59 Å². The van der Waals surface area contributed by atoms with Gasteiger partial charge in [-0.1, -0.05) is 27.7 Å². The van der Waals surface area contributed by atoms with Gasteiger partial charge in [0.1, 0.15) is 0 Å². The lowest BCUT2D eigenvalue weighted by molar-refractivity contribution is -0.137.